The van der Waals surface area contributed by atoms with Crippen LogP contribution in [0, 0.1) is 5.92 Å². The average Bonchev–Trinajstić information content (AvgIpc) is 2.35. The van der Waals surface area contributed by atoms with Gasteiger partial charge in [-0.1, -0.05) is 6.92 Å². The molecule has 0 fully saturated rings. The first-order chi connectivity index (χ1) is 9.31. The molecule has 0 heterocycles. The molecule has 20 heavy (non-hydrogen) atoms. The lowest BCUT2D eigenvalue weighted by Crippen LogP contribution is -2.28. The Kier molecular flexibility index (Phi) is 6.35. The molecule has 0 aliphatic rings. The second kappa shape index (κ2) is 7.54. The molecule has 0 radical (unpaired) electrons. The van der Waals surface area contributed by atoms with Crippen LogP contribution in [-0.2, 0) is 0 Å². The van der Waals surface area contributed by atoms with Gasteiger partial charge >= 0.3 is 5.51 Å². The summed E-state index contributed by atoms with van der Waals surface area (Å²) in [5.74, 6) is -0.192. The van der Waals surface area contributed by atoms with E-state index in [9.17, 15) is 18.0 Å². The molecule has 3 nitrogen and oxygen atoms in total. The molecule has 0 saturated carbocycles. The van der Waals surface area contributed by atoms with Crippen molar-refractivity contribution < 1.29 is 23.1 Å². The predicted octanol–water partition coefficient (Wildman–Crippen LogP) is 3.05. The van der Waals surface area contributed by atoms with Crippen LogP contribution in [0.1, 0.15) is 23.7 Å². The van der Waals surface area contributed by atoms with Gasteiger partial charge in [0.2, 0.25) is 0 Å². The monoisotopic (exact) mass is 307 g/mol. The van der Waals surface area contributed by atoms with Crippen molar-refractivity contribution in [2.24, 2.45) is 5.92 Å². The maximum Gasteiger partial charge on any atom is 0.446 e. The third-order valence-electron chi connectivity index (χ3n) is 2.58. The number of thioether (sulfide) groups is 1. The molecule has 112 valence electrons. The van der Waals surface area contributed by atoms with Crippen LogP contribution in [0.2, 0.25) is 0 Å². The minimum atomic E-state index is -4.33. The SMILES string of the molecule is CC(CCO)CNC(=O)c1ccc(SC(F)(F)F)cc1. The van der Waals surface area contributed by atoms with Crippen LogP contribution in [0.4, 0.5) is 13.2 Å². The lowest BCUT2D eigenvalue weighted by molar-refractivity contribution is -0.0328. The van der Waals surface area contributed by atoms with Gasteiger partial charge in [-0.15, -0.1) is 0 Å². The van der Waals surface area contributed by atoms with Crippen LogP contribution in [0.25, 0.3) is 0 Å². The zero-order chi connectivity index (χ0) is 15.2. The van der Waals surface area contributed by atoms with Crippen LogP contribution < -0.4 is 5.32 Å². The van der Waals surface area contributed by atoms with Gasteiger partial charge in [-0.2, -0.15) is 13.2 Å². The summed E-state index contributed by atoms with van der Waals surface area (Å²) in [7, 11) is 0. The highest BCUT2D eigenvalue weighted by Crippen LogP contribution is 2.36. The highest BCUT2D eigenvalue weighted by Gasteiger charge is 2.29. The molecule has 1 amide bonds. The zero-order valence-corrected chi connectivity index (χ0v) is 11.7. The fourth-order valence-electron chi connectivity index (χ4n) is 1.50. The summed E-state index contributed by atoms with van der Waals surface area (Å²) in [4.78, 5) is 11.8. The van der Waals surface area contributed by atoms with E-state index in [0.717, 1.165) is 0 Å². The molecule has 2 N–H and O–H groups in total. The molecule has 7 heteroatoms. The van der Waals surface area contributed by atoms with Crippen molar-refractivity contribution in [3.05, 3.63) is 29.8 Å². The van der Waals surface area contributed by atoms with Crippen molar-refractivity contribution in [3.63, 3.8) is 0 Å². The Bertz CT molecular complexity index is 434. The number of carbonyl (C=O) groups is 1. The van der Waals surface area contributed by atoms with Crippen LogP contribution in [0.3, 0.4) is 0 Å². The number of amides is 1. The number of benzene rings is 1. The lowest BCUT2D eigenvalue weighted by Gasteiger charge is -2.11. The number of carbonyl (C=O) groups excluding carboxylic acids is 1. The Hall–Kier alpha value is -1.21. The van der Waals surface area contributed by atoms with E-state index >= 15 is 0 Å². The number of aliphatic hydroxyl groups excluding tert-OH is 1. The first-order valence-electron chi connectivity index (χ1n) is 6.06. The van der Waals surface area contributed by atoms with Gasteiger partial charge < -0.3 is 10.4 Å². The van der Waals surface area contributed by atoms with E-state index in [-0.39, 0.29) is 35.1 Å². The normalized spacial score (nSPS) is 13.1. The van der Waals surface area contributed by atoms with Gasteiger partial charge in [-0.25, -0.2) is 0 Å². The Balaban J connectivity index is 2.53. The largest absolute Gasteiger partial charge is 0.446 e. The summed E-state index contributed by atoms with van der Waals surface area (Å²) in [6.45, 7) is 2.36. The molecule has 1 aromatic rings. The number of nitrogens with one attached hydrogen (secondary N) is 1. The molecule has 0 bridgehead atoms. The molecule has 0 aromatic heterocycles. The fourth-order valence-corrected chi connectivity index (χ4v) is 2.04. The molecule has 0 saturated heterocycles. The molecule has 0 aliphatic carbocycles. The fraction of sp³-hybridized carbons (Fsp3) is 0.462. The molecule has 1 atom stereocenters. The predicted molar refractivity (Wildman–Crippen MR) is 71.6 cm³/mol. The van der Waals surface area contributed by atoms with E-state index in [1.54, 1.807) is 0 Å². The minimum Gasteiger partial charge on any atom is -0.396 e. The summed E-state index contributed by atoms with van der Waals surface area (Å²) in [5.41, 5.74) is -4.02. The van der Waals surface area contributed by atoms with Crippen molar-refractivity contribution in [1.29, 1.82) is 0 Å². The quantitative estimate of drug-likeness (QED) is 0.794. The van der Waals surface area contributed by atoms with Crippen LogP contribution >= 0.6 is 11.8 Å². The van der Waals surface area contributed by atoms with E-state index in [1.807, 2.05) is 6.92 Å². The molecule has 1 rings (SSSR count). The van der Waals surface area contributed by atoms with Crippen LogP contribution in [0.5, 0.6) is 0 Å². The highest BCUT2D eigenvalue weighted by atomic mass is 32.2. The Labute approximate surface area is 119 Å². The Morgan fingerprint density at radius 1 is 1.35 bits per heavy atom. The number of hydrogen-bond donors (Lipinski definition) is 2. The number of alkyl halides is 3. The summed E-state index contributed by atoms with van der Waals surface area (Å²) < 4.78 is 36.4. The Morgan fingerprint density at radius 3 is 2.45 bits per heavy atom. The highest BCUT2D eigenvalue weighted by molar-refractivity contribution is 8.00. The molecule has 0 aliphatic heterocycles. The molecule has 1 aromatic carbocycles. The zero-order valence-electron chi connectivity index (χ0n) is 10.9. The summed E-state index contributed by atoms with van der Waals surface area (Å²) >= 11 is -0.213. The minimum absolute atomic E-state index is 0.0442. The number of hydrogen-bond acceptors (Lipinski definition) is 3. The van der Waals surface area contributed by atoms with E-state index in [1.165, 1.54) is 24.3 Å². The van der Waals surface area contributed by atoms with Crippen LogP contribution in [-0.4, -0.2) is 29.7 Å². The summed E-state index contributed by atoms with van der Waals surface area (Å²) in [6.07, 6.45) is 0.585. The lowest BCUT2D eigenvalue weighted by atomic mass is 10.1. The first-order valence-corrected chi connectivity index (χ1v) is 6.88. The van der Waals surface area contributed by atoms with Gasteiger partial charge in [0.15, 0.2) is 0 Å². The third-order valence-corrected chi connectivity index (χ3v) is 3.32. The average molecular weight is 307 g/mol. The topological polar surface area (TPSA) is 49.3 Å². The second-order valence-corrected chi connectivity index (χ2v) is 5.54. The number of aliphatic hydroxyl groups is 1. The van der Waals surface area contributed by atoms with Crippen LogP contribution in [0.15, 0.2) is 29.2 Å². The van der Waals surface area contributed by atoms with Crippen molar-refractivity contribution in [2.75, 3.05) is 13.2 Å². The van der Waals surface area contributed by atoms with Gasteiger partial charge in [0.1, 0.15) is 0 Å². The third kappa shape index (κ3) is 6.29. The van der Waals surface area contributed by atoms with E-state index in [2.05, 4.69) is 5.32 Å². The first kappa shape index (κ1) is 16.8. The van der Waals surface area contributed by atoms with E-state index in [4.69, 9.17) is 5.11 Å². The number of halogens is 3. The van der Waals surface area contributed by atoms with Crippen molar-refractivity contribution in [2.45, 2.75) is 23.7 Å². The Morgan fingerprint density at radius 2 is 1.95 bits per heavy atom. The summed E-state index contributed by atoms with van der Waals surface area (Å²) in [6, 6.07) is 5.26. The van der Waals surface area contributed by atoms with Crippen molar-refractivity contribution in [3.8, 4) is 0 Å². The smallest absolute Gasteiger partial charge is 0.396 e. The van der Waals surface area contributed by atoms with Crippen molar-refractivity contribution >= 4 is 17.7 Å². The van der Waals surface area contributed by atoms with Gasteiger partial charge in [-0.3, -0.25) is 4.79 Å². The van der Waals surface area contributed by atoms with Crippen molar-refractivity contribution in [1.82, 2.24) is 5.32 Å². The van der Waals surface area contributed by atoms with Gasteiger partial charge in [-0.05, 0) is 48.4 Å². The van der Waals surface area contributed by atoms with Gasteiger partial charge in [0, 0.05) is 23.6 Å². The maximum atomic E-state index is 12.1. The number of rotatable bonds is 6. The molecule has 1 unspecified atom stereocenters. The van der Waals surface area contributed by atoms with Gasteiger partial charge in [0.05, 0.1) is 0 Å². The summed E-state index contributed by atoms with van der Waals surface area (Å²) in [5, 5.41) is 11.4. The molecular formula is C13H16F3NO2S. The molecule has 0 spiro atoms. The van der Waals surface area contributed by atoms with E-state index in [0.29, 0.717) is 18.5 Å². The maximum absolute atomic E-state index is 12.1. The van der Waals surface area contributed by atoms with E-state index < -0.39 is 5.51 Å². The van der Waals surface area contributed by atoms with Gasteiger partial charge in [0.25, 0.3) is 5.91 Å². The second-order valence-electron chi connectivity index (χ2n) is 4.40. The standard InChI is InChI=1S/C13H16F3NO2S/c1-9(6-7-18)8-17-12(19)10-2-4-11(5-3-10)20-13(14,15)16/h2-5,9,18H,6-8H2,1H3,(H,17,19). The molecular weight excluding hydrogens is 291 g/mol.